The minimum absolute atomic E-state index is 0.0760. The molecule has 1 aliphatic heterocycles. The fourth-order valence-electron chi connectivity index (χ4n) is 3.35. The van der Waals surface area contributed by atoms with Gasteiger partial charge in [-0.2, -0.15) is 0 Å². The molecule has 0 aromatic heterocycles. The maximum absolute atomic E-state index is 13.2. The SMILES string of the molecule is COCCNC(=O)c1ccccc1NCC(=O)N1c2ccccc2NC(=O)C1(C)C. The zero-order valence-corrected chi connectivity index (χ0v) is 17.3. The van der Waals surface area contributed by atoms with Crippen molar-refractivity contribution in [2.45, 2.75) is 19.4 Å². The van der Waals surface area contributed by atoms with Crippen LogP contribution in [0.25, 0.3) is 0 Å². The van der Waals surface area contributed by atoms with Gasteiger partial charge in [0.05, 0.1) is 30.1 Å². The molecule has 8 nitrogen and oxygen atoms in total. The van der Waals surface area contributed by atoms with Crippen molar-refractivity contribution in [1.29, 1.82) is 0 Å². The summed E-state index contributed by atoms with van der Waals surface area (Å²) in [6, 6.07) is 14.1. The summed E-state index contributed by atoms with van der Waals surface area (Å²) in [5, 5.41) is 8.66. The molecule has 3 N–H and O–H groups in total. The van der Waals surface area contributed by atoms with Crippen molar-refractivity contribution in [3.63, 3.8) is 0 Å². The zero-order chi connectivity index (χ0) is 21.7. The number of para-hydroxylation sites is 3. The lowest BCUT2D eigenvalue weighted by Gasteiger charge is -2.42. The van der Waals surface area contributed by atoms with E-state index in [9.17, 15) is 14.4 Å². The predicted molar refractivity (Wildman–Crippen MR) is 116 cm³/mol. The van der Waals surface area contributed by atoms with Crippen molar-refractivity contribution in [3.8, 4) is 0 Å². The smallest absolute Gasteiger partial charge is 0.253 e. The summed E-state index contributed by atoms with van der Waals surface area (Å²) in [7, 11) is 1.56. The topological polar surface area (TPSA) is 99.8 Å². The number of carbonyl (C=O) groups is 3. The van der Waals surface area contributed by atoms with Gasteiger partial charge in [-0.25, -0.2) is 0 Å². The van der Waals surface area contributed by atoms with Crippen molar-refractivity contribution in [2.75, 3.05) is 42.3 Å². The highest BCUT2D eigenvalue weighted by atomic mass is 16.5. The third-order valence-corrected chi connectivity index (χ3v) is 4.95. The first-order valence-corrected chi connectivity index (χ1v) is 9.70. The van der Waals surface area contributed by atoms with Crippen LogP contribution in [0.3, 0.4) is 0 Å². The van der Waals surface area contributed by atoms with E-state index in [4.69, 9.17) is 4.74 Å². The molecule has 0 saturated heterocycles. The summed E-state index contributed by atoms with van der Waals surface area (Å²) in [6.07, 6.45) is 0. The van der Waals surface area contributed by atoms with Gasteiger partial charge in [-0.1, -0.05) is 24.3 Å². The Hall–Kier alpha value is -3.39. The fraction of sp³-hybridized carbons (Fsp3) is 0.318. The van der Waals surface area contributed by atoms with E-state index in [0.717, 1.165) is 0 Å². The standard InChI is InChI=1S/C22H26N4O4/c1-22(2)21(29)25-17-10-6-7-11-18(17)26(22)19(27)14-24-16-9-5-4-8-15(16)20(28)23-12-13-30-3/h4-11,24H,12-14H2,1-3H3,(H,23,28)(H,25,29). The predicted octanol–water partition coefficient (Wildman–Crippen LogP) is 2.24. The summed E-state index contributed by atoms with van der Waals surface area (Å²) in [4.78, 5) is 39.6. The number of rotatable bonds is 7. The zero-order valence-electron chi connectivity index (χ0n) is 17.3. The van der Waals surface area contributed by atoms with E-state index in [-0.39, 0.29) is 24.3 Å². The lowest BCUT2D eigenvalue weighted by Crippen LogP contribution is -2.59. The lowest BCUT2D eigenvalue weighted by molar-refractivity contribution is -0.125. The molecule has 2 aromatic rings. The largest absolute Gasteiger partial charge is 0.383 e. The highest BCUT2D eigenvalue weighted by molar-refractivity contribution is 6.15. The fourth-order valence-corrected chi connectivity index (χ4v) is 3.35. The van der Waals surface area contributed by atoms with Crippen molar-refractivity contribution < 1.29 is 19.1 Å². The van der Waals surface area contributed by atoms with Crippen molar-refractivity contribution >= 4 is 34.8 Å². The molecule has 2 aromatic carbocycles. The maximum Gasteiger partial charge on any atom is 0.253 e. The number of benzene rings is 2. The van der Waals surface area contributed by atoms with Crippen LogP contribution in [0.4, 0.5) is 17.1 Å². The molecule has 0 spiro atoms. The summed E-state index contributed by atoms with van der Waals surface area (Å²) in [6.45, 7) is 4.12. The summed E-state index contributed by atoms with van der Waals surface area (Å²) in [5.41, 5.74) is 1.14. The van der Waals surface area contributed by atoms with Crippen LogP contribution in [0.5, 0.6) is 0 Å². The van der Waals surface area contributed by atoms with Crippen molar-refractivity contribution in [3.05, 3.63) is 54.1 Å². The molecule has 158 valence electrons. The van der Waals surface area contributed by atoms with Gasteiger partial charge in [0.15, 0.2) is 0 Å². The van der Waals surface area contributed by atoms with Gasteiger partial charge in [0.25, 0.3) is 5.91 Å². The van der Waals surface area contributed by atoms with Gasteiger partial charge in [-0.3, -0.25) is 19.3 Å². The highest BCUT2D eigenvalue weighted by Crippen LogP contribution is 2.36. The second kappa shape index (κ2) is 8.96. The first kappa shape index (κ1) is 21.3. The molecule has 1 aliphatic rings. The molecule has 3 amide bonds. The van der Waals surface area contributed by atoms with Crippen LogP contribution in [0, 0.1) is 0 Å². The average Bonchev–Trinajstić information content (AvgIpc) is 2.73. The van der Waals surface area contributed by atoms with Crippen LogP contribution in [-0.2, 0) is 14.3 Å². The number of fused-ring (bicyclic) bond motifs is 1. The van der Waals surface area contributed by atoms with E-state index in [0.29, 0.717) is 35.8 Å². The Morgan fingerprint density at radius 1 is 1.10 bits per heavy atom. The molecule has 1 heterocycles. The molecule has 3 rings (SSSR count). The van der Waals surface area contributed by atoms with E-state index in [1.807, 2.05) is 6.07 Å². The van der Waals surface area contributed by atoms with Gasteiger partial charge in [-0.05, 0) is 38.1 Å². The first-order chi connectivity index (χ1) is 14.4. The van der Waals surface area contributed by atoms with Gasteiger partial charge < -0.3 is 20.7 Å². The maximum atomic E-state index is 13.2. The molecule has 0 unspecified atom stereocenters. The minimum Gasteiger partial charge on any atom is -0.383 e. The number of hydrogen-bond acceptors (Lipinski definition) is 5. The average molecular weight is 410 g/mol. The van der Waals surface area contributed by atoms with Crippen LogP contribution in [0.1, 0.15) is 24.2 Å². The number of anilines is 3. The normalized spacial score (nSPS) is 14.5. The Labute approximate surface area is 175 Å². The molecule has 0 saturated carbocycles. The number of hydrogen-bond donors (Lipinski definition) is 3. The Morgan fingerprint density at radius 2 is 1.80 bits per heavy atom. The molecule has 0 fully saturated rings. The number of nitrogens with zero attached hydrogens (tertiary/aromatic N) is 1. The van der Waals surface area contributed by atoms with Gasteiger partial charge in [-0.15, -0.1) is 0 Å². The van der Waals surface area contributed by atoms with Crippen LogP contribution in [0.2, 0.25) is 0 Å². The Balaban J connectivity index is 1.78. The van der Waals surface area contributed by atoms with E-state index in [1.54, 1.807) is 63.4 Å². The molecular weight excluding hydrogens is 384 g/mol. The third-order valence-electron chi connectivity index (χ3n) is 4.95. The number of carbonyl (C=O) groups excluding carboxylic acids is 3. The molecule has 0 atom stereocenters. The summed E-state index contributed by atoms with van der Waals surface area (Å²) < 4.78 is 4.95. The van der Waals surface area contributed by atoms with E-state index in [2.05, 4.69) is 16.0 Å². The van der Waals surface area contributed by atoms with Gasteiger partial charge >= 0.3 is 0 Å². The highest BCUT2D eigenvalue weighted by Gasteiger charge is 2.43. The van der Waals surface area contributed by atoms with Gasteiger partial charge in [0.1, 0.15) is 5.54 Å². The van der Waals surface area contributed by atoms with E-state index < -0.39 is 5.54 Å². The molecule has 0 aliphatic carbocycles. The van der Waals surface area contributed by atoms with Crippen molar-refractivity contribution in [2.24, 2.45) is 0 Å². The quantitative estimate of drug-likeness (QED) is 0.608. The Kier molecular flexibility index (Phi) is 6.37. The van der Waals surface area contributed by atoms with Crippen LogP contribution >= 0.6 is 0 Å². The first-order valence-electron chi connectivity index (χ1n) is 9.70. The molecular formula is C22H26N4O4. The number of methoxy groups -OCH3 is 1. The third kappa shape index (κ3) is 4.28. The molecule has 0 radical (unpaired) electrons. The van der Waals surface area contributed by atoms with E-state index >= 15 is 0 Å². The number of ether oxygens (including phenoxy) is 1. The minimum atomic E-state index is -1.05. The van der Waals surface area contributed by atoms with Gasteiger partial charge in [0, 0.05) is 19.3 Å². The molecule has 30 heavy (non-hydrogen) atoms. The monoisotopic (exact) mass is 410 g/mol. The van der Waals surface area contributed by atoms with Crippen LogP contribution in [-0.4, -0.2) is 50.1 Å². The van der Waals surface area contributed by atoms with Crippen molar-refractivity contribution in [1.82, 2.24) is 5.32 Å². The van der Waals surface area contributed by atoms with Gasteiger partial charge in [0.2, 0.25) is 11.8 Å². The number of amides is 3. The summed E-state index contributed by atoms with van der Waals surface area (Å²) in [5.74, 6) is -0.796. The second-order valence-corrected chi connectivity index (χ2v) is 7.41. The lowest BCUT2D eigenvalue weighted by atomic mass is 9.96. The Morgan fingerprint density at radius 3 is 2.57 bits per heavy atom. The van der Waals surface area contributed by atoms with Crippen LogP contribution < -0.4 is 20.9 Å². The van der Waals surface area contributed by atoms with Crippen LogP contribution in [0.15, 0.2) is 48.5 Å². The molecule has 8 heteroatoms. The Bertz CT molecular complexity index is 958. The molecule has 0 bridgehead atoms. The number of nitrogens with one attached hydrogen (secondary N) is 3. The summed E-state index contributed by atoms with van der Waals surface area (Å²) >= 11 is 0. The van der Waals surface area contributed by atoms with E-state index in [1.165, 1.54) is 4.90 Å². The second-order valence-electron chi connectivity index (χ2n) is 7.41.